The van der Waals surface area contributed by atoms with Crippen LogP contribution >= 0.6 is 11.6 Å². The first-order valence-electron chi connectivity index (χ1n) is 7.13. The van der Waals surface area contributed by atoms with Crippen LogP contribution in [0.1, 0.15) is 18.2 Å². The number of hydrogen-bond acceptors (Lipinski definition) is 3. The van der Waals surface area contributed by atoms with Crippen LogP contribution in [0.4, 0.5) is 0 Å². The molecule has 0 radical (unpaired) electrons. The van der Waals surface area contributed by atoms with E-state index < -0.39 is 0 Å². The van der Waals surface area contributed by atoms with Gasteiger partial charge in [-0.15, -0.1) is 0 Å². The van der Waals surface area contributed by atoms with Gasteiger partial charge >= 0.3 is 5.97 Å². The fraction of sp³-hybridized carbons (Fsp3) is 0.0526. The highest BCUT2D eigenvalue weighted by Gasteiger charge is 1.99. The Bertz CT molecular complexity index is 903. The molecule has 2 aromatic carbocycles. The van der Waals surface area contributed by atoms with Crippen LogP contribution in [-0.4, -0.2) is 11.0 Å². The molecule has 23 heavy (non-hydrogen) atoms. The Morgan fingerprint density at radius 1 is 1.09 bits per heavy atom. The van der Waals surface area contributed by atoms with E-state index in [-0.39, 0.29) is 5.97 Å². The van der Waals surface area contributed by atoms with E-state index in [1.165, 1.54) is 6.92 Å². The Labute approximate surface area is 139 Å². The number of carbonyl (C=O) groups excluding carboxylic acids is 1. The molecular formula is C19H14ClNO2. The number of carbonyl (C=O) groups is 1. The van der Waals surface area contributed by atoms with Crippen LogP contribution in [-0.2, 0) is 4.79 Å². The first-order chi connectivity index (χ1) is 11.1. The van der Waals surface area contributed by atoms with Gasteiger partial charge in [0.15, 0.2) is 0 Å². The third kappa shape index (κ3) is 3.96. The highest BCUT2D eigenvalue weighted by molar-refractivity contribution is 6.31. The van der Waals surface area contributed by atoms with Gasteiger partial charge in [-0.2, -0.15) is 0 Å². The first-order valence-corrected chi connectivity index (χ1v) is 7.51. The lowest BCUT2D eigenvalue weighted by Crippen LogP contribution is -2.00. The lowest BCUT2D eigenvalue weighted by Gasteiger charge is -2.02. The molecule has 0 aliphatic rings. The number of aromatic nitrogens is 1. The number of esters is 1. The predicted molar refractivity (Wildman–Crippen MR) is 93.4 cm³/mol. The van der Waals surface area contributed by atoms with E-state index in [0.717, 1.165) is 22.2 Å². The van der Waals surface area contributed by atoms with E-state index in [1.807, 2.05) is 54.6 Å². The van der Waals surface area contributed by atoms with Crippen molar-refractivity contribution in [1.82, 2.24) is 4.98 Å². The van der Waals surface area contributed by atoms with Gasteiger partial charge in [-0.25, -0.2) is 4.98 Å². The summed E-state index contributed by atoms with van der Waals surface area (Å²) in [7, 11) is 0. The average molecular weight is 324 g/mol. The van der Waals surface area contributed by atoms with Crippen LogP contribution in [0.2, 0.25) is 5.02 Å². The second kappa shape index (κ2) is 6.63. The summed E-state index contributed by atoms with van der Waals surface area (Å²) in [5, 5.41) is 1.71. The molecule has 0 saturated heterocycles. The van der Waals surface area contributed by atoms with Crippen LogP contribution < -0.4 is 4.74 Å². The normalized spacial score (nSPS) is 11.0. The minimum absolute atomic E-state index is 0.334. The van der Waals surface area contributed by atoms with Gasteiger partial charge in [0.2, 0.25) is 0 Å². The predicted octanol–water partition coefficient (Wildman–Crippen LogP) is 4.98. The molecule has 0 N–H and O–H groups in total. The number of hydrogen-bond donors (Lipinski definition) is 0. The Balaban J connectivity index is 1.86. The number of rotatable bonds is 3. The van der Waals surface area contributed by atoms with Crippen molar-refractivity contribution >= 4 is 40.6 Å². The molecule has 3 aromatic rings. The zero-order chi connectivity index (χ0) is 16.2. The maximum Gasteiger partial charge on any atom is 0.308 e. The van der Waals surface area contributed by atoms with Crippen molar-refractivity contribution in [2.24, 2.45) is 0 Å². The van der Waals surface area contributed by atoms with E-state index in [1.54, 1.807) is 12.1 Å². The minimum atomic E-state index is -0.334. The van der Waals surface area contributed by atoms with E-state index in [4.69, 9.17) is 16.3 Å². The summed E-state index contributed by atoms with van der Waals surface area (Å²) in [5.41, 5.74) is 2.61. The average Bonchev–Trinajstić information content (AvgIpc) is 2.52. The fourth-order valence-corrected chi connectivity index (χ4v) is 2.39. The number of benzene rings is 2. The Morgan fingerprint density at radius 3 is 2.74 bits per heavy atom. The number of nitrogens with zero attached hydrogens (tertiary/aromatic N) is 1. The van der Waals surface area contributed by atoms with E-state index in [0.29, 0.717) is 10.8 Å². The van der Waals surface area contributed by atoms with Crippen molar-refractivity contribution < 1.29 is 9.53 Å². The van der Waals surface area contributed by atoms with Crippen LogP contribution in [0.15, 0.2) is 54.6 Å². The Morgan fingerprint density at radius 2 is 1.91 bits per heavy atom. The standard InChI is InChI=1S/C19H14ClNO2/c1-13(22)23-18-4-2-3-14(11-18)5-9-17-10-7-15-6-8-16(20)12-19(15)21-17/h2-12H,1H3/b9-5+. The molecule has 1 aromatic heterocycles. The van der Waals surface area contributed by atoms with Gasteiger partial charge in [0.05, 0.1) is 11.2 Å². The molecule has 0 bridgehead atoms. The molecule has 0 atom stereocenters. The molecule has 114 valence electrons. The third-order valence-corrected chi connectivity index (χ3v) is 3.48. The van der Waals surface area contributed by atoms with Gasteiger partial charge < -0.3 is 4.74 Å². The summed E-state index contributed by atoms with van der Waals surface area (Å²) in [6, 6.07) is 16.9. The Kier molecular flexibility index (Phi) is 4.40. The fourth-order valence-electron chi connectivity index (χ4n) is 2.23. The van der Waals surface area contributed by atoms with Crippen molar-refractivity contribution in [1.29, 1.82) is 0 Å². The second-order valence-electron chi connectivity index (χ2n) is 5.07. The maximum absolute atomic E-state index is 11.0. The quantitative estimate of drug-likeness (QED) is 0.504. The molecule has 3 nitrogen and oxygen atoms in total. The lowest BCUT2D eigenvalue weighted by atomic mass is 10.1. The van der Waals surface area contributed by atoms with Crippen molar-refractivity contribution in [3.8, 4) is 5.75 Å². The van der Waals surface area contributed by atoms with Gasteiger partial charge in [0.25, 0.3) is 0 Å². The zero-order valence-electron chi connectivity index (χ0n) is 12.5. The molecule has 0 spiro atoms. The number of pyridine rings is 1. The smallest absolute Gasteiger partial charge is 0.308 e. The Hall–Kier alpha value is -2.65. The number of ether oxygens (including phenoxy) is 1. The minimum Gasteiger partial charge on any atom is -0.427 e. The monoisotopic (exact) mass is 323 g/mol. The van der Waals surface area contributed by atoms with Gasteiger partial charge in [-0.3, -0.25) is 4.79 Å². The SMILES string of the molecule is CC(=O)Oc1cccc(/C=C/c2ccc3ccc(Cl)cc3n2)c1. The largest absolute Gasteiger partial charge is 0.427 e. The van der Waals surface area contributed by atoms with E-state index in [9.17, 15) is 4.79 Å². The van der Waals surface area contributed by atoms with Gasteiger partial charge in [0.1, 0.15) is 5.75 Å². The zero-order valence-corrected chi connectivity index (χ0v) is 13.2. The molecular weight excluding hydrogens is 310 g/mol. The summed E-state index contributed by atoms with van der Waals surface area (Å²) in [6.07, 6.45) is 3.83. The van der Waals surface area contributed by atoms with E-state index >= 15 is 0 Å². The molecule has 0 saturated carbocycles. The summed E-state index contributed by atoms with van der Waals surface area (Å²) in [6.45, 7) is 1.38. The molecule has 4 heteroatoms. The molecule has 1 heterocycles. The van der Waals surface area contributed by atoms with Crippen LogP contribution in [0.5, 0.6) is 5.75 Å². The summed E-state index contributed by atoms with van der Waals surface area (Å²) >= 11 is 6.00. The third-order valence-electron chi connectivity index (χ3n) is 3.24. The van der Waals surface area contributed by atoms with Crippen molar-refractivity contribution in [2.75, 3.05) is 0 Å². The van der Waals surface area contributed by atoms with Gasteiger partial charge in [-0.05, 0) is 42.0 Å². The van der Waals surface area contributed by atoms with Gasteiger partial charge in [0, 0.05) is 17.3 Å². The number of fused-ring (bicyclic) bond motifs is 1. The van der Waals surface area contributed by atoms with Crippen LogP contribution in [0.3, 0.4) is 0 Å². The maximum atomic E-state index is 11.0. The van der Waals surface area contributed by atoms with Gasteiger partial charge in [-0.1, -0.05) is 41.9 Å². The highest BCUT2D eigenvalue weighted by atomic mass is 35.5. The molecule has 0 aliphatic carbocycles. The summed E-state index contributed by atoms with van der Waals surface area (Å²) in [4.78, 5) is 15.6. The first kappa shape index (κ1) is 15.3. The summed E-state index contributed by atoms with van der Waals surface area (Å²) in [5.74, 6) is 0.192. The molecule has 0 fully saturated rings. The highest BCUT2D eigenvalue weighted by Crippen LogP contribution is 2.19. The molecule has 0 aliphatic heterocycles. The second-order valence-corrected chi connectivity index (χ2v) is 5.51. The molecule has 3 rings (SSSR count). The van der Waals surface area contributed by atoms with Crippen molar-refractivity contribution in [3.05, 3.63) is 70.9 Å². The number of halogens is 1. The molecule has 0 unspecified atom stereocenters. The molecule has 0 amide bonds. The van der Waals surface area contributed by atoms with Crippen LogP contribution in [0, 0.1) is 0 Å². The van der Waals surface area contributed by atoms with Crippen LogP contribution in [0.25, 0.3) is 23.1 Å². The van der Waals surface area contributed by atoms with Crippen molar-refractivity contribution in [3.63, 3.8) is 0 Å². The van der Waals surface area contributed by atoms with E-state index in [2.05, 4.69) is 4.98 Å². The lowest BCUT2D eigenvalue weighted by molar-refractivity contribution is -0.131. The topological polar surface area (TPSA) is 39.2 Å². The van der Waals surface area contributed by atoms with Crippen molar-refractivity contribution in [2.45, 2.75) is 6.92 Å². The summed E-state index contributed by atoms with van der Waals surface area (Å²) < 4.78 is 5.07.